The van der Waals surface area contributed by atoms with Crippen molar-refractivity contribution < 1.29 is 4.74 Å². The molecule has 1 aromatic rings. The minimum absolute atomic E-state index is 0.0623. The van der Waals surface area contributed by atoms with Gasteiger partial charge in [0.2, 0.25) is 0 Å². The van der Waals surface area contributed by atoms with Gasteiger partial charge in [-0.1, -0.05) is 12.1 Å². The molecular weight excluding hydrogens is 200 g/mol. The summed E-state index contributed by atoms with van der Waals surface area (Å²) in [6, 6.07) is 8.35. The van der Waals surface area contributed by atoms with Gasteiger partial charge in [0.05, 0.1) is 12.6 Å². The highest BCUT2D eigenvalue weighted by Crippen LogP contribution is 2.30. The Kier molecular flexibility index (Phi) is 3.46. The van der Waals surface area contributed by atoms with E-state index >= 15 is 0 Å². The molecule has 3 nitrogen and oxygen atoms in total. The van der Waals surface area contributed by atoms with Gasteiger partial charge in [0.15, 0.2) is 0 Å². The number of ether oxygens (including phenoxy) is 1. The molecule has 0 aromatic heterocycles. The molecule has 0 amide bonds. The number of hydrogen-bond donors (Lipinski definition) is 2. The summed E-state index contributed by atoms with van der Waals surface area (Å²) < 4.78 is 5.29. The first-order chi connectivity index (χ1) is 7.80. The number of nitrogens with one attached hydrogen (secondary N) is 2. The van der Waals surface area contributed by atoms with Crippen molar-refractivity contribution >= 4 is 0 Å². The van der Waals surface area contributed by atoms with Gasteiger partial charge in [-0.2, -0.15) is 0 Å². The largest absolute Gasteiger partial charge is 0.497 e. The fourth-order valence-electron chi connectivity index (χ4n) is 2.43. The zero-order valence-corrected chi connectivity index (χ0v) is 10.0. The van der Waals surface area contributed by atoms with E-state index in [0.29, 0.717) is 0 Å². The molecule has 2 N–H and O–H groups in total. The van der Waals surface area contributed by atoms with Crippen LogP contribution >= 0.6 is 0 Å². The standard InChI is InChI=1S/C13H20N2O/c1-14-13(7-4-8-15-10-13)11-5-3-6-12(9-11)16-2/h3,5-6,9,14-15H,4,7-8,10H2,1-2H3. The van der Waals surface area contributed by atoms with E-state index in [2.05, 4.69) is 28.8 Å². The van der Waals surface area contributed by atoms with Gasteiger partial charge in [-0.05, 0) is 44.1 Å². The van der Waals surface area contributed by atoms with Gasteiger partial charge in [-0.3, -0.25) is 0 Å². The fraction of sp³-hybridized carbons (Fsp3) is 0.538. The molecule has 2 rings (SSSR count). The van der Waals surface area contributed by atoms with E-state index in [1.54, 1.807) is 7.11 Å². The van der Waals surface area contributed by atoms with Crippen LogP contribution in [-0.2, 0) is 5.54 Å². The van der Waals surface area contributed by atoms with Crippen LogP contribution in [0.1, 0.15) is 18.4 Å². The normalized spacial score (nSPS) is 25.4. The lowest BCUT2D eigenvalue weighted by molar-refractivity contribution is 0.268. The van der Waals surface area contributed by atoms with E-state index in [9.17, 15) is 0 Å². The lowest BCUT2D eigenvalue weighted by atomic mass is 9.83. The molecule has 1 saturated heterocycles. The van der Waals surface area contributed by atoms with Gasteiger partial charge in [-0.15, -0.1) is 0 Å². The van der Waals surface area contributed by atoms with Crippen molar-refractivity contribution in [1.29, 1.82) is 0 Å². The highest BCUT2D eigenvalue weighted by molar-refractivity contribution is 5.34. The first kappa shape index (κ1) is 11.4. The third kappa shape index (κ3) is 2.06. The van der Waals surface area contributed by atoms with Gasteiger partial charge < -0.3 is 15.4 Å². The molecule has 0 spiro atoms. The number of methoxy groups -OCH3 is 1. The second-order valence-electron chi connectivity index (χ2n) is 4.34. The molecule has 88 valence electrons. The van der Waals surface area contributed by atoms with Crippen LogP contribution in [-0.4, -0.2) is 27.2 Å². The van der Waals surface area contributed by atoms with Gasteiger partial charge >= 0.3 is 0 Å². The Morgan fingerprint density at radius 2 is 2.31 bits per heavy atom. The molecule has 16 heavy (non-hydrogen) atoms. The minimum atomic E-state index is 0.0623. The molecule has 1 fully saturated rings. The molecule has 0 bridgehead atoms. The van der Waals surface area contributed by atoms with Crippen LogP contribution < -0.4 is 15.4 Å². The Morgan fingerprint density at radius 3 is 2.94 bits per heavy atom. The summed E-state index contributed by atoms with van der Waals surface area (Å²) in [5.41, 5.74) is 1.37. The van der Waals surface area contributed by atoms with E-state index in [4.69, 9.17) is 4.74 Å². The average Bonchev–Trinajstić information content (AvgIpc) is 2.39. The molecule has 3 heteroatoms. The molecule has 1 atom stereocenters. The molecule has 1 aromatic carbocycles. The maximum absolute atomic E-state index is 5.29. The van der Waals surface area contributed by atoms with Gasteiger partial charge in [0.1, 0.15) is 5.75 Å². The molecular formula is C13H20N2O. The first-order valence-electron chi connectivity index (χ1n) is 5.85. The highest BCUT2D eigenvalue weighted by Gasteiger charge is 2.32. The van der Waals surface area contributed by atoms with E-state index in [-0.39, 0.29) is 5.54 Å². The highest BCUT2D eigenvalue weighted by atomic mass is 16.5. The number of likely N-dealkylation sites (N-methyl/N-ethyl adjacent to an activating group) is 1. The molecule has 0 radical (unpaired) electrons. The van der Waals surface area contributed by atoms with Crippen LogP contribution in [0, 0.1) is 0 Å². The second-order valence-corrected chi connectivity index (χ2v) is 4.34. The van der Waals surface area contributed by atoms with Crippen molar-refractivity contribution in [3.05, 3.63) is 29.8 Å². The van der Waals surface area contributed by atoms with Crippen molar-refractivity contribution in [1.82, 2.24) is 10.6 Å². The smallest absolute Gasteiger partial charge is 0.119 e. The van der Waals surface area contributed by atoms with Crippen molar-refractivity contribution in [2.75, 3.05) is 27.2 Å². The van der Waals surface area contributed by atoms with Gasteiger partial charge in [0, 0.05) is 6.54 Å². The second kappa shape index (κ2) is 4.85. The van der Waals surface area contributed by atoms with Crippen LogP contribution in [0.25, 0.3) is 0 Å². The molecule has 0 aliphatic carbocycles. The van der Waals surface area contributed by atoms with Crippen molar-refractivity contribution in [2.45, 2.75) is 18.4 Å². The zero-order chi connectivity index (χ0) is 11.4. The summed E-state index contributed by atoms with van der Waals surface area (Å²) in [6.07, 6.45) is 2.38. The summed E-state index contributed by atoms with van der Waals surface area (Å²) in [5.74, 6) is 0.928. The molecule has 1 aliphatic heterocycles. The quantitative estimate of drug-likeness (QED) is 0.810. The predicted octanol–water partition coefficient (Wildman–Crippen LogP) is 1.49. The number of hydrogen-bond acceptors (Lipinski definition) is 3. The number of benzene rings is 1. The van der Waals surface area contributed by atoms with Crippen molar-refractivity contribution in [2.24, 2.45) is 0 Å². The van der Waals surface area contributed by atoms with Gasteiger partial charge in [0.25, 0.3) is 0 Å². The monoisotopic (exact) mass is 220 g/mol. The molecule has 1 heterocycles. The number of piperidine rings is 1. The first-order valence-corrected chi connectivity index (χ1v) is 5.85. The summed E-state index contributed by atoms with van der Waals surface area (Å²) in [4.78, 5) is 0. The van der Waals surface area contributed by atoms with E-state index in [1.807, 2.05) is 13.1 Å². The number of rotatable bonds is 3. The summed E-state index contributed by atoms with van der Waals surface area (Å²) in [7, 11) is 3.75. The van der Waals surface area contributed by atoms with E-state index in [1.165, 1.54) is 18.4 Å². The maximum atomic E-state index is 5.29. The van der Waals surface area contributed by atoms with Crippen LogP contribution in [0.3, 0.4) is 0 Å². The Labute approximate surface area is 97.2 Å². The van der Waals surface area contributed by atoms with Gasteiger partial charge in [-0.25, -0.2) is 0 Å². The van der Waals surface area contributed by atoms with Crippen LogP contribution in [0.2, 0.25) is 0 Å². The fourth-order valence-corrected chi connectivity index (χ4v) is 2.43. The summed E-state index contributed by atoms with van der Waals surface area (Å²) >= 11 is 0. The SMILES string of the molecule is CNC1(c2cccc(OC)c2)CCCNC1. The molecule has 1 unspecified atom stereocenters. The Bertz CT molecular complexity index is 346. The third-order valence-corrected chi connectivity index (χ3v) is 3.48. The Hall–Kier alpha value is -1.06. The maximum Gasteiger partial charge on any atom is 0.119 e. The molecule has 0 saturated carbocycles. The van der Waals surface area contributed by atoms with Crippen LogP contribution in [0.15, 0.2) is 24.3 Å². The van der Waals surface area contributed by atoms with Crippen molar-refractivity contribution in [3.8, 4) is 5.75 Å². The van der Waals surface area contributed by atoms with E-state index < -0.39 is 0 Å². The zero-order valence-electron chi connectivity index (χ0n) is 10.0. The predicted molar refractivity (Wildman–Crippen MR) is 65.8 cm³/mol. The van der Waals surface area contributed by atoms with Crippen LogP contribution in [0.5, 0.6) is 5.75 Å². The van der Waals surface area contributed by atoms with E-state index in [0.717, 1.165) is 18.8 Å². The summed E-state index contributed by atoms with van der Waals surface area (Å²) in [6.45, 7) is 2.10. The Balaban J connectivity index is 2.31. The lowest BCUT2D eigenvalue weighted by Gasteiger charge is -2.38. The topological polar surface area (TPSA) is 33.3 Å². The van der Waals surface area contributed by atoms with Crippen molar-refractivity contribution in [3.63, 3.8) is 0 Å². The third-order valence-electron chi connectivity index (χ3n) is 3.48. The average molecular weight is 220 g/mol. The minimum Gasteiger partial charge on any atom is -0.497 e. The Morgan fingerprint density at radius 1 is 1.44 bits per heavy atom. The summed E-state index contributed by atoms with van der Waals surface area (Å²) in [5, 5.41) is 6.93. The van der Waals surface area contributed by atoms with Crippen LogP contribution in [0.4, 0.5) is 0 Å². The molecule has 1 aliphatic rings. The lowest BCUT2D eigenvalue weighted by Crippen LogP contribution is -2.51.